The molecule has 3 aliphatic rings. The van der Waals surface area contributed by atoms with Gasteiger partial charge in [0.15, 0.2) is 5.75 Å². The van der Waals surface area contributed by atoms with Crippen LogP contribution in [0.2, 0.25) is 0 Å². The van der Waals surface area contributed by atoms with Crippen LogP contribution in [0.1, 0.15) is 23.5 Å². The Kier molecular flexibility index (Phi) is 4.29. The third kappa shape index (κ3) is 2.99. The van der Waals surface area contributed by atoms with Gasteiger partial charge in [-0.3, -0.25) is 0 Å². The molecule has 1 aliphatic heterocycles. The van der Waals surface area contributed by atoms with Crippen LogP contribution in [0.25, 0.3) is 11.1 Å². The maximum Gasteiger partial charge on any atom is 0.324 e. The Labute approximate surface area is 185 Å². The van der Waals surface area contributed by atoms with Crippen LogP contribution in [-0.4, -0.2) is 46.1 Å². The molecule has 9 heteroatoms. The molecule has 0 bridgehead atoms. The molecular weight excluding hydrogens is 409 g/mol. The Balaban J connectivity index is 1.46. The molecule has 3 N–H and O–H groups in total. The van der Waals surface area contributed by atoms with E-state index in [1.807, 2.05) is 6.92 Å². The first-order valence-electron chi connectivity index (χ1n) is 10.9. The number of halogens is 1. The van der Waals surface area contributed by atoms with Gasteiger partial charge in [-0.25, -0.2) is 14.4 Å². The van der Waals surface area contributed by atoms with Crippen molar-refractivity contribution in [1.82, 2.24) is 19.9 Å². The number of rotatable bonds is 4. The maximum atomic E-state index is 14.4. The molecule has 32 heavy (non-hydrogen) atoms. The Hall–Kier alpha value is -3.33. The van der Waals surface area contributed by atoms with Crippen molar-refractivity contribution in [3.8, 4) is 22.9 Å². The number of nitrogens with two attached hydrogens (primary N) is 1. The lowest BCUT2D eigenvalue weighted by atomic mass is 9.72. The van der Waals surface area contributed by atoms with Crippen molar-refractivity contribution in [2.45, 2.75) is 25.8 Å². The zero-order valence-corrected chi connectivity index (χ0v) is 18.0. The van der Waals surface area contributed by atoms with Crippen molar-refractivity contribution in [2.75, 3.05) is 30.4 Å². The molecule has 2 aliphatic carbocycles. The van der Waals surface area contributed by atoms with Crippen molar-refractivity contribution in [1.29, 1.82) is 0 Å². The molecule has 2 fully saturated rings. The van der Waals surface area contributed by atoms with E-state index in [0.717, 1.165) is 53.4 Å². The van der Waals surface area contributed by atoms with Crippen molar-refractivity contribution >= 4 is 11.5 Å². The fourth-order valence-electron chi connectivity index (χ4n) is 5.26. The summed E-state index contributed by atoms with van der Waals surface area (Å²) in [6.07, 6.45) is 4.83. The Morgan fingerprint density at radius 1 is 1.19 bits per heavy atom. The highest BCUT2D eigenvalue weighted by Crippen LogP contribution is 2.48. The number of benzene rings is 1. The van der Waals surface area contributed by atoms with Crippen LogP contribution in [0.5, 0.6) is 11.8 Å². The number of nitrogens with zero attached hydrogens (tertiary/aromatic N) is 5. The van der Waals surface area contributed by atoms with E-state index in [9.17, 15) is 4.39 Å². The van der Waals surface area contributed by atoms with Gasteiger partial charge in [0.05, 0.1) is 18.1 Å². The van der Waals surface area contributed by atoms with Crippen molar-refractivity contribution in [3.05, 3.63) is 47.4 Å². The van der Waals surface area contributed by atoms with Gasteiger partial charge in [0.1, 0.15) is 17.5 Å². The molecular formula is C23H24FN7O. The van der Waals surface area contributed by atoms with Crippen LogP contribution in [0.4, 0.5) is 15.9 Å². The number of hydrogen-bond acceptors (Lipinski definition) is 8. The first kappa shape index (κ1) is 19.4. The van der Waals surface area contributed by atoms with E-state index in [4.69, 9.17) is 20.4 Å². The van der Waals surface area contributed by atoms with Gasteiger partial charge in [0, 0.05) is 43.9 Å². The molecule has 1 aromatic carbocycles. The molecule has 3 atom stereocenters. The second-order valence-electron chi connectivity index (χ2n) is 8.85. The summed E-state index contributed by atoms with van der Waals surface area (Å²) in [4.78, 5) is 20.1. The number of aryl methyl sites for hydroxylation is 1. The molecule has 8 nitrogen and oxygen atoms in total. The fourth-order valence-corrected chi connectivity index (χ4v) is 5.26. The van der Waals surface area contributed by atoms with E-state index < -0.39 is 0 Å². The first-order valence-corrected chi connectivity index (χ1v) is 10.9. The van der Waals surface area contributed by atoms with Crippen molar-refractivity contribution in [3.63, 3.8) is 0 Å². The number of nitrogens with one attached hydrogen (secondary N) is 1. The van der Waals surface area contributed by atoms with Crippen molar-refractivity contribution in [2.24, 2.45) is 17.6 Å². The highest BCUT2D eigenvalue weighted by molar-refractivity contribution is 5.88. The van der Waals surface area contributed by atoms with Crippen LogP contribution < -0.4 is 20.7 Å². The minimum absolute atomic E-state index is 0.237. The fraction of sp³-hybridized carbons (Fsp3) is 0.391. The Morgan fingerprint density at radius 3 is 2.72 bits per heavy atom. The molecule has 164 valence electrons. The highest BCUT2D eigenvalue weighted by Gasteiger charge is 2.46. The van der Waals surface area contributed by atoms with E-state index in [1.165, 1.54) is 6.07 Å². The zero-order valence-electron chi connectivity index (χ0n) is 18.0. The Morgan fingerprint density at radius 2 is 2.00 bits per heavy atom. The average molecular weight is 433 g/mol. The topological polar surface area (TPSA) is 102 Å². The molecule has 6 rings (SSSR count). The van der Waals surface area contributed by atoms with E-state index in [0.29, 0.717) is 29.8 Å². The van der Waals surface area contributed by atoms with E-state index in [1.54, 1.807) is 25.5 Å². The number of hydrogen-bond donors (Lipinski definition) is 2. The molecule has 2 aromatic heterocycles. The lowest BCUT2D eigenvalue weighted by Gasteiger charge is -2.36. The summed E-state index contributed by atoms with van der Waals surface area (Å²) >= 11 is 0. The summed E-state index contributed by atoms with van der Waals surface area (Å²) in [6, 6.07) is 3.59. The van der Waals surface area contributed by atoms with E-state index in [-0.39, 0.29) is 17.9 Å². The van der Waals surface area contributed by atoms with Gasteiger partial charge >= 0.3 is 6.01 Å². The van der Waals surface area contributed by atoms with Crippen LogP contribution in [0, 0.1) is 24.6 Å². The standard InChI is InChI=1S/C23H24FN7O/c1-11-27-7-14(8-28-11)32-23-29-20-6-15-16(4-13(24)5-19(15)26-2)21(20)22(30-23)31-9-12-3-18(25)17(12)10-31/h4-5,7-8,12,17-18,26H,3,6,9-10,25H2,1-2H3/t12-,17+,18-/m1/s1. The van der Waals surface area contributed by atoms with Gasteiger partial charge in [-0.15, -0.1) is 0 Å². The summed E-state index contributed by atoms with van der Waals surface area (Å²) in [6.45, 7) is 3.54. The first-order chi connectivity index (χ1) is 15.5. The largest absolute Gasteiger partial charge is 0.421 e. The number of ether oxygens (including phenoxy) is 1. The smallest absolute Gasteiger partial charge is 0.324 e. The van der Waals surface area contributed by atoms with Crippen LogP contribution in [-0.2, 0) is 6.42 Å². The number of anilines is 2. The predicted octanol–water partition coefficient (Wildman–Crippen LogP) is 2.90. The Bertz CT molecular complexity index is 1220. The summed E-state index contributed by atoms with van der Waals surface area (Å²) < 4.78 is 20.4. The molecule has 1 saturated heterocycles. The third-order valence-electron chi connectivity index (χ3n) is 6.92. The SMILES string of the molecule is CNc1cc(F)cc2c1Cc1nc(Oc3cnc(C)nc3)nc(N3C[C@H]4C[C@@H](N)[C@H]4C3)c1-2. The van der Waals surface area contributed by atoms with Gasteiger partial charge in [-0.05, 0) is 48.4 Å². The molecule has 0 amide bonds. The zero-order chi connectivity index (χ0) is 22.0. The minimum atomic E-state index is -0.285. The second-order valence-corrected chi connectivity index (χ2v) is 8.85. The highest BCUT2D eigenvalue weighted by atomic mass is 19.1. The average Bonchev–Trinajstić information content (AvgIpc) is 3.31. The quantitative estimate of drug-likeness (QED) is 0.507. The predicted molar refractivity (Wildman–Crippen MR) is 118 cm³/mol. The van der Waals surface area contributed by atoms with Crippen molar-refractivity contribution < 1.29 is 9.13 Å². The van der Waals surface area contributed by atoms with Gasteiger partial charge in [-0.1, -0.05) is 0 Å². The maximum absolute atomic E-state index is 14.4. The summed E-state index contributed by atoms with van der Waals surface area (Å²) in [5, 5.41) is 3.12. The van der Waals surface area contributed by atoms with Crippen LogP contribution >= 0.6 is 0 Å². The van der Waals surface area contributed by atoms with Crippen LogP contribution in [0.3, 0.4) is 0 Å². The summed E-state index contributed by atoms with van der Waals surface area (Å²) in [5.74, 6) is 2.68. The molecule has 3 aromatic rings. The molecule has 1 saturated carbocycles. The summed E-state index contributed by atoms with van der Waals surface area (Å²) in [5.41, 5.74) is 10.6. The molecule has 3 heterocycles. The minimum Gasteiger partial charge on any atom is -0.421 e. The van der Waals surface area contributed by atoms with Gasteiger partial charge in [-0.2, -0.15) is 9.97 Å². The lowest BCUT2D eigenvalue weighted by molar-refractivity contribution is 0.194. The molecule has 0 radical (unpaired) electrons. The van der Waals surface area contributed by atoms with Gasteiger partial charge < -0.3 is 20.7 Å². The second kappa shape index (κ2) is 7.09. The number of fused-ring (bicyclic) bond motifs is 4. The van der Waals surface area contributed by atoms with E-state index >= 15 is 0 Å². The monoisotopic (exact) mass is 433 g/mol. The molecule has 0 unspecified atom stereocenters. The lowest BCUT2D eigenvalue weighted by Crippen LogP contribution is -2.46. The van der Waals surface area contributed by atoms with Crippen LogP contribution in [0.15, 0.2) is 24.5 Å². The number of aromatic nitrogens is 4. The third-order valence-corrected chi connectivity index (χ3v) is 6.92. The summed E-state index contributed by atoms with van der Waals surface area (Å²) in [7, 11) is 1.80. The normalized spacial score (nSPS) is 22.8. The van der Waals surface area contributed by atoms with E-state index in [2.05, 4.69) is 20.2 Å². The van der Waals surface area contributed by atoms with Gasteiger partial charge in [0.25, 0.3) is 0 Å². The molecule has 0 spiro atoms. The van der Waals surface area contributed by atoms with Gasteiger partial charge in [0.2, 0.25) is 0 Å².